The van der Waals surface area contributed by atoms with Gasteiger partial charge in [-0.2, -0.15) is 0 Å². The van der Waals surface area contributed by atoms with Crippen LogP contribution in [0.3, 0.4) is 0 Å². The molecule has 1 saturated heterocycles. The van der Waals surface area contributed by atoms with Gasteiger partial charge in [0.25, 0.3) is 0 Å². The molecular formula is C21H29N5O2. The summed E-state index contributed by atoms with van der Waals surface area (Å²) >= 11 is 0. The molecule has 3 unspecified atom stereocenters. The number of carbonyl (C=O) groups excluding carboxylic acids is 1. The van der Waals surface area contributed by atoms with Gasteiger partial charge >= 0.3 is 0 Å². The number of hydrogen-bond acceptors (Lipinski definition) is 5. The molecule has 1 aromatic heterocycles. The van der Waals surface area contributed by atoms with Crippen molar-refractivity contribution in [3.05, 3.63) is 53.6 Å². The minimum Gasteiger partial charge on any atom is -0.371 e. The summed E-state index contributed by atoms with van der Waals surface area (Å²) in [6.45, 7) is 6.27. The van der Waals surface area contributed by atoms with Crippen LogP contribution in [-0.4, -0.2) is 40.7 Å². The quantitative estimate of drug-likeness (QED) is 0.707. The molecule has 0 radical (unpaired) electrons. The summed E-state index contributed by atoms with van der Waals surface area (Å²) in [6.07, 6.45) is 5.44. The van der Waals surface area contributed by atoms with Crippen LogP contribution in [0.1, 0.15) is 49.2 Å². The van der Waals surface area contributed by atoms with Crippen LogP contribution >= 0.6 is 0 Å². The van der Waals surface area contributed by atoms with E-state index in [4.69, 9.17) is 4.74 Å². The Bertz CT molecular complexity index is 819. The maximum absolute atomic E-state index is 12.6. The molecule has 3 atom stereocenters. The summed E-state index contributed by atoms with van der Waals surface area (Å²) in [5.41, 5.74) is 8.89. The van der Waals surface area contributed by atoms with Gasteiger partial charge in [0.05, 0.1) is 6.61 Å². The van der Waals surface area contributed by atoms with E-state index in [-0.39, 0.29) is 24.1 Å². The number of hydrazine groups is 1. The van der Waals surface area contributed by atoms with Crippen molar-refractivity contribution in [1.29, 1.82) is 0 Å². The molecule has 3 N–H and O–H groups in total. The number of nitrogens with zero attached hydrogens (tertiary/aromatic N) is 2. The third-order valence-electron chi connectivity index (χ3n) is 5.53. The average Bonchev–Trinajstić information content (AvgIpc) is 3.36. The Morgan fingerprint density at radius 1 is 1.36 bits per heavy atom. The molecule has 150 valence electrons. The van der Waals surface area contributed by atoms with Crippen molar-refractivity contribution >= 4 is 5.91 Å². The van der Waals surface area contributed by atoms with Crippen LogP contribution in [0.25, 0.3) is 0 Å². The first-order valence-corrected chi connectivity index (χ1v) is 10.1. The molecule has 1 fully saturated rings. The van der Waals surface area contributed by atoms with Crippen molar-refractivity contribution in [2.45, 2.75) is 57.3 Å². The maximum atomic E-state index is 12.6. The molecule has 7 nitrogen and oxygen atoms in total. The number of hydrogen-bond donors (Lipinski definition) is 3. The van der Waals surface area contributed by atoms with Crippen molar-refractivity contribution in [2.75, 3.05) is 13.2 Å². The van der Waals surface area contributed by atoms with E-state index in [9.17, 15) is 4.79 Å². The third kappa shape index (κ3) is 4.11. The standard InChI is InChI=1S/C21H29N5O2/c1-14(2)20-22-8-9-26(20)13-16-11-18(25-24-16)21(27)23-12-19-17-6-4-3-5-15(17)7-10-28-19/h3-6,8-9,14,16,18-19,24-25H,7,10-13H2,1-2H3,(H,23,27). The van der Waals surface area contributed by atoms with E-state index >= 15 is 0 Å². The van der Waals surface area contributed by atoms with Crippen molar-refractivity contribution in [3.8, 4) is 0 Å². The number of ether oxygens (including phenoxy) is 1. The van der Waals surface area contributed by atoms with Gasteiger partial charge in [-0.3, -0.25) is 10.2 Å². The lowest BCUT2D eigenvalue weighted by Gasteiger charge is -2.26. The number of nitrogens with one attached hydrogen (secondary N) is 3. The molecule has 0 aliphatic carbocycles. The fourth-order valence-electron chi connectivity index (χ4n) is 4.09. The lowest BCUT2D eigenvalue weighted by molar-refractivity contribution is -0.123. The molecule has 3 heterocycles. The summed E-state index contributed by atoms with van der Waals surface area (Å²) in [6, 6.07) is 8.26. The van der Waals surface area contributed by atoms with Crippen LogP contribution in [0.15, 0.2) is 36.7 Å². The molecule has 1 amide bonds. The lowest BCUT2D eigenvalue weighted by Crippen LogP contribution is -2.45. The smallest absolute Gasteiger partial charge is 0.238 e. The van der Waals surface area contributed by atoms with Gasteiger partial charge in [-0.25, -0.2) is 10.4 Å². The van der Waals surface area contributed by atoms with E-state index in [0.717, 1.165) is 25.2 Å². The summed E-state index contributed by atoms with van der Waals surface area (Å²) in [5.74, 6) is 1.46. The first-order valence-electron chi connectivity index (χ1n) is 10.1. The van der Waals surface area contributed by atoms with E-state index in [1.807, 2.05) is 18.5 Å². The highest BCUT2D eigenvalue weighted by Crippen LogP contribution is 2.26. The van der Waals surface area contributed by atoms with Crippen LogP contribution in [0.2, 0.25) is 0 Å². The maximum Gasteiger partial charge on any atom is 0.238 e. The molecule has 2 aliphatic rings. The average molecular weight is 383 g/mol. The number of fused-ring (bicyclic) bond motifs is 1. The largest absolute Gasteiger partial charge is 0.371 e. The van der Waals surface area contributed by atoms with E-state index < -0.39 is 0 Å². The van der Waals surface area contributed by atoms with Crippen LogP contribution in [0.5, 0.6) is 0 Å². The Morgan fingerprint density at radius 2 is 2.21 bits per heavy atom. The fraction of sp³-hybridized carbons (Fsp3) is 0.524. The molecule has 28 heavy (non-hydrogen) atoms. The number of rotatable bonds is 6. The molecule has 1 aromatic carbocycles. The second-order valence-electron chi connectivity index (χ2n) is 7.92. The summed E-state index contributed by atoms with van der Waals surface area (Å²) < 4.78 is 8.05. The van der Waals surface area contributed by atoms with Gasteiger partial charge in [0, 0.05) is 37.4 Å². The van der Waals surface area contributed by atoms with Gasteiger partial charge in [-0.15, -0.1) is 0 Å². The zero-order valence-electron chi connectivity index (χ0n) is 16.5. The van der Waals surface area contributed by atoms with Crippen molar-refractivity contribution in [3.63, 3.8) is 0 Å². The highest BCUT2D eigenvalue weighted by molar-refractivity contribution is 5.82. The van der Waals surface area contributed by atoms with Crippen LogP contribution in [0, 0.1) is 0 Å². The second kappa shape index (κ2) is 8.43. The first kappa shape index (κ1) is 19.1. The zero-order chi connectivity index (χ0) is 19.5. The van der Waals surface area contributed by atoms with Gasteiger partial charge in [-0.05, 0) is 24.0 Å². The number of amides is 1. The molecule has 0 bridgehead atoms. The topological polar surface area (TPSA) is 80.2 Å². The summed E-state index contributed by atoms with van der Waals surface area (Å²) in [5, 5.41) is 3.06. The Morgan fingerprint density at radius 3 is 3.07 bits per heavy atom. The number of benzene rings is 1. The van der Waals surface area contributed by atoms with Gasteiger partial charge in [-0.1, -0.05) is 38.1 Å². The van der Waals surface area contributed by atoms with Crippen molar-refractivity contribution in [1.82, 2.24) is 25.7 Å². The third-order valence-corrected chi connectivity index (χ3v) is 5.53. The number of aromatic nitrogens is 2. The summed E-state index contributed by atoms with van der Waals surface area (Å²) in [4.78, 5) is 17.1. The molecular weight excluding hydrogens is 354 g/mol. The first-order chi connectivity index (χ1) is 13.6. The van der Waals surface area contributed by atoms with Crippen molar-refractivity contribution < 1.29 is 9.53 Å². The molecule has 4 rings (SSSR count). The summed E-state index contributed by atoms with van der Waals surface area (Å²) in [7, 11) is 0. The van der Waals surface area contributed by atoms with Crippen LogP contribution in [0.4, 0.5) is 0 Å². The molecule has 0 spiro atoms. The van der Waals surface area contributed by atoms with E-state index in [2.05, 4.69) is 57.8 Å². The SMILES string of the molecule is CC(C)c1nccn1CC1CC(C(=O)NCC2OCCc3ccccc32)NN1. The fourth-order valence-corrected chi connectivity index (χ4v) is 4.09. The molecule has 2 aromatic rings. The lowest BCUT2D eigenvalue weighted by atomic mass is 9.97. The van der Waals surface area contributed by atoms with Gasteiger partial charge in [0.2, 0.25) is 5.91 Å². The van der Waals surface area contributed by atoms with Crippen molar-refractivity contribution in [2.24, 2.45) is 0 Å². The van der Waals surface area contributed by atoms with Crippen LogP contribution < -0.4 is 16.2 Å². The van der Waals surface area contributed by atoms with Gasteiger partial charge in [0.1, 0.15) is 18.0 Å². The molecule has 7 heteroatoms. The second-order valence-corrected chi connectivity index (χ2v) is 7.92. The molecule has 0 saturated carbocycles. The van der Waals surface area contributed by atoms with E-state index in [1.165, 1.54) is 11.1 Å². The highest BCUT2D eigenvalue weighted by Gasteiger charge is 2.30. The predicted octanol–water partition coefficient (Wildman–Crippen LogP) is 1.67. The minimum absolute atomic E-state index is 0.0105. The highest BCUT2D eigenvalue weighted by atomic mass is 16.5. The van der Waals surface area contributed by atoms with E-state index in [0.29, 0.717) is 19.1 Å². The van der Waals surface area contributed by atoms with Gasteiger partial charge in [0.15, 0.2) is 0 Å². The Kier molecular flexibility index (Phi) is 5.75. The predicted molar refractivity (Wildman–Crippen MR) is 107 cm³/mol. The Hall–Kier alpha value is -2.22. The monoisotopic (exact) mass is 383 g/mol. The number of carbonyl (C=O) groups is 1. The Balaban J connectivity index is 1.29. The minimum atomic E-state index is -0.241. The van der Waals surface area contributed by atoms with E-state index in [1.54, 1.807) is 0 Å². The van der Waals surface area contributed by atoms with Crippen LogP contribution in [-0.2, 0) is 22.5 Å². The molecule has 2 aliphatic heterocycles. The zero-order valence-corrected chi connectivity index (χ0v) is 16.5. The van der Waals surface area contributed by atoms with Gasteiger partial charge < -0.3 is 14.6 Å². The normalized spacial score (nSPS) is 24.3. The Labute approximate surface area is 165 Å². The number of imidazole rings is 1.